The van der Waals surface area contributed by atoms with Crippen LogP contribution in [0.1, 0.15) is 33.9 Å². The maximum absolute atomic E-state index is 3.43. The van der Waals surface area contributed by atoms with Crippen LogP contribution in [0.3, 0.4) is 0 Å². The molecule has 1 aromatic heterocycles. The first-order valence-electron chi connectivity index (χ1n) is 5.90. The van der Waals surface area contributed by atoms with Gasteiger partial charge < -0.3 is 5.32 Å². The van der Waals surface area contributed by atoms with E-state index in [1.54, 1.807) is 11.3 Å². The molecule has 1 unspecified atom stereocenters. The molecular weight excluding hydrogens is 226 g/mol. The predicted octanol–water partition coefficient (Wildman–Crippen LogP) is 3.98. The molecule has 17 heavy (non-hydrogen) atoms. The Kier molecular flexibility index (Phi) is 3.65. The summed E-state index contributed by atoms with van der Waals surface area (Å²) in [5, 5.41) is 7.89. The molecule has 0 spiro atoms. The van der Waals surface area contributed by atoms with E-state index in [1.165, 1.54) is 27.8 Å². The number of hydrogen-bond donors (Lipinski definition) is 1. The van der Waals surface area contributed by atoms with Crippen LogP contribution < -0.4 is 5.32 Å². The van der Waals surface area contributed by atoms with Gasteiger partial charge in [-0.2, -0.15) is 11.3 Å². The molecule has 2 heteroatoms. The van der Waals surface area contributed by atoms with Crippen LogP contribution in [0.2, 0.25) is 0 Å². The number of benzene rings is 1. The molecule has 1 aromatic carbocycles. The first-order chi connectivity index (χ1) is 8.13. The third-order valence-corrected chi connectivity index (χ3v) is 4.11. The summed E-state index contributed by atoms with van der Waals surface area (Å²) >= 11 is 1.77. The molecule has 0 saturated heterocycles. The SMILES string of the molecule is CNC(c1ccc(C)cc1C)c1cscc1C. The zero-order valence-corrected chi connectivity index (χ0v) is 11.7. The minimum atomic E-state index is 0.307. The molecule has 0 aliphatic carbocycles. The van der Waals surface area contributed by atoms with Crippen LogP contribution in [0, 0.1) is 20.8 Å². The van der Waals surface area contributed by atoms with Crippen LogP contribution in [0.4, 0.5) is 0 Å². The van der Waals surface area contributed by atoms with Crippen LogP contribution in [0.25, 0.3) is 0 Å². The summed E-state index contributed by atoms with van der Waals surface area (Å²) in [7, 11) is 2.03. The fraction of sp³-hybridized carbons (Fsp3) is 0.333. The Morgan fingerprint density at radius 1 is 1.00 bits per heavy atom. The maximum Gasteiger partial charge on any atom is 0.0587 e. The Morgan fingerprint density at radius 2 is 1.76 bits per heavy atom. The predicted molar refractivity (Wildman–Crippen MR) is 75.9 cm³/mol. The molecule has 0 bridgehead atoms. The third kappa shape index (κ3) is 2.43. The van der Waals surface area contributed by atoms with E-state index in [0.717, 1.165) is 0 Å². The van der Waals surface area contributed by atoms with Crippen molar-refractivity contribution in [2.75, 3.05) is 7.05 Å². The molecule has 1 N–H and O–H groups in total. The first kappa shape index (κ1) is 12.3. The first-order valence-corrected chi connectivity index (χ1v) is 6.85. The summed E-state index contributed by atoms with van der Waals surface area (Å²) in [5.41, 5.74) is 6.82. The van der Waals surface area contributed by atoms with E-state index in [9.17, 15) is 0 Å². The molecular formula is C15H19NS. The lowest BCUT2D eigenvalue weighted by molar-refractivity contribution is 0.686. The monoisotopic (exact) mass is 245 g/mol. The lowest BCUT2D eigenvalue weighted by atomic mass is 9.94. The van der Waals surface area contributed by atoms with Crippen molar-refractivity contribution < 1.29 is 0 Å². The summed E-state index contributed by atoms with van der Waals surface area (Å²) < 4.78 is 0. The van der Waals surface area contributed by atoms with Crippen LogP contribution in [0.15, 0.2) is 29.0 Å². The Bertz CT molecular complexity index is 513. The normalized spacial score (nSPS) is 12.7. The van der Waals surface area contributed by atoms with Crippen LogP contribution in [0.5, 0.6) is 0 Å². The Labute approximate surface area is 108 Å². The molecule has 0 aliphatic heterocycles. The van der Waals surface area contributed by atoms with Gasteiger partial charge in [-0.05, 0) is 60.8 Å². The topological polar surface area (TPSA) is 12.0 Å². The maximum atomic E-state index is 3.43. The van der Waals surface area contributed by atoms with Crippen molar-refractivity contribution in [1.82, 2.24) is 5.32 Å². The van der Waals surface area contributed by atoms with Crippen molar-refractivity contribution in [2.45, 2.75) is 26.8 Å². The van der Waals surface area contributed by atoms with E-state index in [1.807, 2.05) is 7.05 Å². The van der Waals surface area contributed by atoms with Crippen LogP contribution in [-0.2, 0) is 0 Å². The molecule has 1 nitrogen and oxygen atoms in total. The molecule has 0 saturated carbocycles. The Balaban J connectivity index is 2.46. The molecule has 2 rings (SSSR count). The molecule has 1 heterocycles. The minimum absolute atomic E-state index is 0.307. The van der Waals surface area contributed by atoms with Gasteiger partial charge >= 0.3 is 0 Å². The van der Waals surface area contributed by atoms with Crippen molar-refractivity contribution in [3.63, 3.8) is 0 Å². The second-order valence-corrected chi connectivity index (χ2v) is 5.34. The fourth-order valence-corrected chi connectivity index (χ4v) is 3.17. The molecule has 2 aromatic rings. The van der Waals surface area contributed by atoms with Gasteiger partial charge in [-0.3, -0.25) is 0 Å². The number of rotatable bonds is 3. The number of thiophene rings is 1. The fourth-order valence-electron chi connectivity index (χ4n) is 2.29. The van der Waals surface area contributed by atoms with Gasteiger partial charge in [-0.25, -0.2) is 0 Å². The van der Waals surface area contributed by atoms with E-state index in [4.69, 9.17) is 0 Å². The molecule has 0 amide bonds. The van der Waals surface area contributed by atoms with Crippen molar-refractivity contribution in [3.05, 3.63) is 56.8 Å². The standard InChI is InChI=1S/C15H19NS/c1-10-5-6-13(11(2)7-10)15(16-4)14-9-17-8-12(14)3/h5-9,15-16H,1-4H3. The van der Waals surface area contributed by atoms with E-state index < -0.39 is 0 Å². The average Bonchev–Trinajstić information content (AvgIpc) is 2.69. The zero-order chi connectivity index (χ0) is 12.4. The summed E-state index contributed by atoms with van der Waals surface area (Å²) in [6.45, 7) is 6.51. The smallest absolute Gasteiger partial charge is 0.0587 e. The molecule has 90 valence electrons. The van der Waals surface area contributed by atoms with E-state index in [0.29, 0.717) is 6.04 Å². The van der Waals surface area contributed by atoms with Gasteiger partial charge in [0.25, 0.3) is 0 Å². The van der Waals surface area contributed by atoms with Crippen molar-refractivity contribution in [2.24, 2.45) is 0 Å². The highest BCUT2D eigenvalue weighted by molar-refractivity contribution is 7.08. The molecule has 0 aliphatic rings. The van der Waals surface area contributed by atoms with Gasteiger partial charge in [0, 0.05) is 0 Å². The van der Waals surface area contributed by atoms with Gasteiger partial charge in [0.1, 0.15) is 0 Å². The van der Waals surface area contributed by atoms with Crippen molar-refractivity contribution >= 4 is 11.3 Å². The highest BCUT2D eigenvalue weighted by Gasteiger charge is 2.16. The van der Waals surface area contributed by atoms with Crippen molar-refractivity contribution in [3.8, 4) is 0 Å². The van der Waals surface area contributed by atoms with E-state index >= 15 is 0 Å². The van der Waals surface area contributed by atoms with Crippen molar-refractivity contribution in [1.29, 1.82) is 0 Å². The quantitative estimate of drug-likeness (QED) is 0.862. The summed E-state index contributed by atoms with van der Waals surface area (Å²) in [5.74, 6) is 0. The molecule has 0 radical (unpaired) electrons. The van der Waals surface area contributed by atoms with Gasteiger partial charge in [0.2, 0.25) is 0 Å². The second-order valence-electron chi connectivity index (χ2n) is 4.59. The van der Waals surface area contributed by atoms with Gasteiger partial charge in [0.15, 0.2) is 0 Å². The van der Waals surface area contributed by atoms with Crippen LogP contribution >= 0.6 is 11.3 Å². The molecule has 0 fully saturated rings. The average molecular weight is 245 g/mol. The summed E-state index contributed by atoms with van der Waals surface area (Å²) in [6.07, 6.45) is 0. The third-order valence-electron chi connectivity index (χ3n) is 3.23. The molecule has 1 atom stereocenters. The van der Waals surface area contributed by atoms with E-state index in [-0.39, 0.29) is 0 Å². The van der Waals surface area contributed by atoms with E-state index in [2.05, 4.69) is 55.0 Å². The number of hydrogen-bond acceptors (Lipinski definition) is 2. The number of nitrogens with one attached hydrogen (secondary N) is 1. The Morgan fingerprint density at radius 3 is 2.29 bits per heavy atom. The largest absolute Gasteiger partial charge is 0.309 e. The Hall–Kier alpha value is -1.12. The lowest BCUT2D eigenvalue weighted by Crippen LogP contribution is -2.18. The summed E-state index contributed by atoms with van der Waals surface area (Å²) in [4.78, 5) is 0. The van der Waals surface area contributed by atoms with Gasteiger partial charge in [-0.15, -0.1) is 0 Å². The van der Waals surface area contributed by atoms with Gasteiger partial charge in [-0.1, -0.05) is 23.8 Å². The minimum Gasteiger partial charge on any atom is -0.309 e. The zero-order valence-electron chi connectivity index (χ0n) is 10.9. The lowest BCUT2D eigenvalue weighted by Gasteiger charge is -2.19. The highest BCUT2D eigenvalue weighted by Crippen LogP contribution is 2.29. The van der Waals surface area contributed by atoms with Gasteiger partial charge in [0.05, 0.1) is 6.04 Å². The van der Waals surface area contributed by atoms with Crippen LogP contribution in [-0.4, -0.2) is 7.05 Å². The summed E-state index contributed by atoms with van der Waals surface area (Å²) in [6, 6.07) is 6.99. The second kappa shape index (κ2) is 5.03. The highest BCUT2D eigenvalue weighted by atomic mass is 32.1. The number of aryl methyl sites for hydroxylation is 3.